The first kappa shape index (κ1) is 15.4. The highest BCUT2D eigenvalue weighted by Crippen LogP contribution is 2.21. The van der Waals surface area contributed by atoms with Gasteiger partial charge in [0.2, 0.25) is 0 Å². The minimum Gasteiger partial charge on any atom is -0.497 e. The maximum absolute atomic E-state index is 12.3. The number of nitrogens with zero attached hydrogens (tertiary/aromatic N) is 1. The number of benzene rings is 2. The molecule has 0 saturated carbocycles. The van der Waals surface area contributed by atoms with Crippen LogP contribution in [0.3, 0.4) is 0 Å². The van der Waals surface area contributed by atoms with Crippen molar-refractivity contribution < 1.29 is 9.53 Å². The van der Waals surface area contributed by atoms with Crippen LogP contribution in [0.1, 0.15) is 29.6 Å². The Morgan fingerprint density at radius 3 is 2.22 bits per heavy atom. The van der Waals surface area contributed by atoms with Gasteiger partial charge in [-0.05, 0) is 67.8 Å². The lowest BCUT2D eigenvalue weighted by molar-refractivity contribution is 0.102. The first-order valence-corrected chi connectivity index (χ1v) is 8.07. The molecule has 3 rings (SSSR count). The molecule has 4 nitrogen and oxygen atoms in total. The van der Waals surface area contributed by atoms with Crippen LogP contribution in [0.15, 0.2) is 48.5 Å². The van der Waals surface area contributed by atoms with Crippen LogP contribution in [0.25, 0.3) is 0 Å². The van der Waals surface area contributed by atoms with E-state index in [0.717, 1.165) is 24.5 Å². The minimum absolute atomic E-state index is 0.0969. The second-order valence-electron chi connectivity index (χ2n) is 5.78. The van der Waals surface area contributed by atoms with E-state index in [1.165, 1.54) is 24.9 Å². The van der Waals surface area contributed by atoms with Gasteiger partial charge in [0, 0.05) is 30.0 Å². The Morgan fingerprint density at radius 2 is 1.61 bits per heavy atom. The highest BCUT2D eigenvalue weighted by molar-refractivity contribution is 6.04. The molecule has 0 aromatic heterocycles. The summed E-state index contributed by atoms with van der Waals surface area (Å²) in [4.78, 5) is 14.7. The topological polar surface area (TPSA) is 41.6 Å². The number of piperidine rings is 1. The zero-order valence-electron chi connectivity index (χ0n) is 13.4. The molecule has 1 amide bonds. The third kappa shape index (κ3) is 3.83. The van der Waals surface area contributed by atoms with Gasteiger partial charge in [0.05, 0.1) is 7.11 Å². The summed E-state index contributed by atoms with van der Waals surface area (Å²) in [7, 11) is 1.62. The molecule has 2 aromatic rings. The summed E-state index contributed by atoms with van der Waals surface area (Å²) in [5, 5.41) is 2.90. The van der Waals surface area contributed by atoms with Crippen molar-refractivity contribution >= 4 is 17.3 Å². The molecule has 0 unspecified atom stereocenters. The third-order valence-electron chi connectivity index (χ3n) is 4.20. The quantitative estimate of drug-likeness (QED) is 0.930. The Labute approximate surface area is 137 Å². The molecule has 1 heterocycles. The van der Waals surface area contributed by atoms with Crippen LogP contribution in [-0.4, -0.2) is 26.1 Å². The van der Waals surface area contributed by atoms with Crippen LogP contribution in [0.5, 0.6) is 5.75 Å². The normalized spacial score (nSPS) is 14.4. The number of amides is 1. The molecule has 23 heavy (non-hydrogen) atoms. The van der Waals surface area contributed by atoms with Crippen LogP contribution in [-0.2, 0) is 0 Å². The molecule has 120 valence electrons. The molecule has 0 aliphatic carbocycles. The zero-order chi connectivity index (χ0) is 16.1. The van der Waals surface area contributed by atoms with Gasteiger partial charge in [0.25, 0.3) is 5.91 Å². The SMILES string of the molecule is COc1ccc(NC(=O)c2ccc(N3CCCCC3)cc2)cc1. The molecule has 1 fully saturated rings. The van der Waals surface area contributed by atoms with E-state index in [-0.39, 0.29) is 5.91 Å². The zero-order valence-corrected chi connectivity index (χ0v) is 13.4. The first-order valence-electron chi connectivity index (χ1n) is 8.07. The van der Waals surface area contributed by atoms with Gasteiger partial charge in [0.1, 0.15) is 5.75 Å². The van der Waals surface area contributed by atoms with Crippen molar-refractivity contribution in [2.75, 3.05) is 30.4 Å². The number of nitrogens with one attached hydrogen (secondary N) is 1. The predicted molar refractivity (Wildman–Crippen MR) is 93.5 cm³/mol. The van der Waals surface area contributed by atoms with Gasteiger partial charge < -0.3 is 15.0 Å². The summed E-state index contributed by atoms with van der Waals surface area (Å²) in [6, 6.07) is 15.2. The van der Waals surface area contributed by atoms with Gasteiger partial charge in [-0.25, -0.2) is 0 Å². The summed E-state index contributed by atoms with van der Waals surface area (Å²) in [5.74, 6) is 0.675. The van der Waals surface area contributed by atoms with Crippen molar-refractivity contribution in [3.63, 3.8) is 0 Å². The average Bonchev–Trinajstić information content (AvgIpc) is 2.63. The molecular weight excluding hydrogens is 288 g/mol. The average molecular weight is 310 g/mol. The first-order chi connectivity index (χ1) is 11.3. The number of hydrogen-bond acceptors (Lipinski definition) is 3. The van der Waals surface area contributed by atoms with Gasteiger partial charge in [-0.3, -0.25) is 4.79 Å². The Morgan fingerprint density at radius 1 is 0.957 bits per heavy atom. The molecule has 2 aromatic carbocycles. The molecular formula is C19H22N2O2. The summed E-state index contributed by atoms with van der Waals surface area (Å²) in [6.45, 7) is 2.22. The largest absolute Gasteiger partial charge is 0.497 e. The standard InChI is InChI=1S/C19H22N2O2/c1-23-18-11-7-16(8-12-18)20-19(22)15-5-9-17(10-6-15)21-13-3-2-4-14-21/h5-12H,2-4,13-14H2,1H3,(H,20,22). The molecule has 1 saturated heterocycles. The summed E-state index contributed by atoms with van der Waals surface area (Å²) in [6.07, 6.45) is 3.82. The number of anilines is 2. The molecule has 0 radical (unpaired) electrons. The monoisotopic (exact) mass is 310 g/mol. The second kappa shape index (κ2) is 7.18. The fourth-order valence-corrected chi connectivity index (χ4v) is 2.85. The van der Waals surface area contributed by atoms with Crippen molar-refractivity contribution in [2.45, 2.75) is 19.3 Å². The van der Waals surface area contributed by atoms with Crippen molar-refractivity contribution in [1.82, 2.24) is 0 Å². The maximum atomic E-state index is 12.3. The Kier molecular flexibility index (Phi) is 4.81. The number of ether oxygens (including phenoxy) is 1. The number of rotatable bonds is 4. The molecule has 1 aliphatic heterocycles. The van der Waals surface area contributed by atoms with E-state index in [9.17, 15) is 4.79 Å². The molecule has 4 heteroatoms. The highest BCUT2D eigenvalue weighted by Gasteiger charge is 2.12. The summed E-state index contributed by atoms with van der Waals surface area (Å²) < 4.78 is 5.11. The lowest BCUT2D eigenvalue weighted by Crippen LogP contribution is -2.29. The van der Waals surface area contributed by atoms with Crippen LogP contribution < -0.4 is 15.0 Å². The van der Waals surface area contributed by atoms with E-state index in [2.05, 4.69) is 10.2 Å². The van der Waals surface area contributed by atoms with E-state index in [1.54, 1.807) is 7.11 Å². The van der Waals surface area contributed by atoms with E-state index in [1.807, 2.05) is 48.5 Å². The number of carbonyl (C=O) groups excluding carboxylic acids is 1. The number of carbonyl (C=O) groups is 1. The van der Waals surface area contributed by atoms with Gasteiger partial charge in [-0.2, -0.15) is 0 Å². The van der Waals surface area contributed by atoms with E-state index in [0.29, 0.717) is 5.56 Å². The highest BCUT2D eigenvalue weighted by atomic mass is 16.5. The molecule has 0 bridgehead atoms. The van der Waals surface area contributed by atoms with E-state index in [4.69, 9.17) is 4.74 Å². The Balaban J connectivity index is 1.64. The number of methoxy groups -OCH3 is 1. The summed E-state index contributed by atoms with van der Waals surface area (Å²) >= 11 is 0. The third-order valence-corrected chi connectivity index (χ3v) is 4.20. The van der Waals surface area contributed by atoms with Crippen LogP contribution in [0.4, 0.5) is 11.4 Å². The lowest BCUT2D eigenvalue weighted by atomic mass is 10.1. The smallest absolute Gasteiger partial charge is 0.255 e. The van der Waals surface area contributed by atoms with Crippen LogP contribution >= 0.6 is 0 Å². The molecule has 0 spiro atoms. The number of hydrogen-bond donors (Lipinski definition) is 1. The van der Waals surface area contributed by atoms with Gasteiger partial charge in [-0.1, -0.05) is 0 Å². The van der Waals surface area contributed by atoms with Gasteiger partial charge in [-0.15, -0.1) is 0 Å². The van der Waals surface area contributed by atoms with Crippen molar-refractivity contribution in [2.24, 2.45) is 0 Å². The van der Waals surface area contributed by atoms with Crippen molar-refractivity contribution in [3.8, 4) is 5.75 Å². The van der Waals surface area contributed by atoms with Crippen molar-refractivity contribution in [3.05, 3.63) is 54.1 Å². The van der Waals surface area contributed by atoms with Crippen molar-refractivity contribution in [1.29, 1.82) is 0 Å². The van der Waals surface area contributed by atoms with E-state index < -0.39 is 0 Å². The second-order valence-corrected chi connectivity index (χ2v) is 5.78. The van der Waals surface area contributed by atoms with Crippen LogP contribution in [0.2, 0.25) is 0 Å². The Hall–Kier alpha value is -2.49. The van der Waals surface area contributed by atoms with Crippen LogP contribution in [0, 0.1) is 0 Å². The summed E-state index contributed by atoms with van der Waals surface area (Å²) in [5.41, 5.74) is 2.63. The molecule has 0 atom stereocenters. The Bertz CT molecular complexity index is 644. The van der Waals surface area contributed by atoms with Gasteiger partial charge >= 0.3 is 0 Å². The fraction of sp³-hybridized carbons (Fsp3) is 0.316. The molecule has 1 aliphatic rings. The lowest BCUT2D eigenvalue weighted by Gasteiger charge is -2.28. The maximum Gasteiger partial charge on any atom is 0.255 e. The fourth-order valence-electron chi connectivity index (χ4n) is 2.85. The van der Waals surface area contributed by atoms with E-state index >= 15 is 0 Å². The minimum atomic E-state index is -0.0969. The molecule has 1 N–H and O–H groups in total. The van der Waals surface area contributed by atoms with Gasteiger partial charge in [0.15, 0.2) is 0 Å². The predicted octanol–water partition coefficient (Wildman–Crippen LogP) is 3.94.